The van der Waals surface area contributed by atoms with Gasteiger partial charge in [-0.05, 0) is 60.3 Å². The molecule has 116 valence electrons. The number of likely N-dealkylation sites (tertiary alicyclic amines) is 1. The van der Waals surface area contributed by atoms with Gasteiger partial charge in [0.15, 0.2) is 0 Å². The molecule has 3 heterocycles. The van der Waals surface area contributed by atoms with Crippen LogP contribution in [0.1, 0.15) is 28.8 Å². The summed E-state index contributed by atoms with van der Waals surface area (Å²) in [6.45, 7) is 4.00. The number of thiophene rings is 1. The van der Waals surface area contributed by atoms with Crippen molar-refractivity contribution in [2.75, 3.05) is 19.6 Å². The van der Waals surface area contributed by atoms with E-state index in [4.69, 9.17) is 0 Å². The third-order valence-electron chi connectivity index (χ3n) is 4.09. The Morgan fingerprint density at radius 2 is 2.18 bits per heavy atom. The maximum Gasteiger partial charge on any atom is 0.252 e. The maximum atomic E-state index is 12.0. The molecule has 1 N–H and O–H groups in total. The lowest BCUT2D eigenvalue weighted by Crippen LogP contribution is -2.38. The molecule has 1 fully saturated rings. The van der Waals surface area contributed by atoms with Crippen molar-refractivity contribution in [2.24, 2.45) is 5.92 Å². The van der Waals surface area contributed by atoms with Crippen LogP contribution in [0.15, 0.2) is 35.3 Å². The number of carbonyl (C=O) groups is 1. The normalized spacial score (nSPS) is 16.5. The summed E-state index contributed by atoms with van der Waals surface area (Å²) in [6, 6.07) is 3.88. The Morgan fingerprint density at radius 1 is 1.32 bits per heavy atom. The van der Waals surface area contributed by atoms with Gasteiger partial charge in [0.2, 0.25) is 0 Å². The molecule has 0 aliphatic carbocycles. The van der Waals surface area contributed by atoms with Gasteiger partial charge in [0.1, 0.15) is 0 Å². The minimum atomic E-state index is -0.0596. The second kappa shape index (κ2) is 7.47. The monoisotopic (exact) mass is 316 g/mol. The van der Waals surface area contributed by atoms with Crippen molar-refractivity contribution in [3.8, 4) is 0 Å². The molecule has 0 saturated carbocycles. The van der Waals surface area contributed by atoms with Gasteiger partial charge in [-0.15, -0.1) is 0 Å². The molecular weight excluding hydrogens is 296 g/mol. The SMILES string of the molecule is O=C(NCC1CCN(Cc2ccsc2)CC1)c1ccnnc1. The first-order valence-corrected chi connectivity index (χ1v) is 8.54. The molecule has 5 nitrogen and oxygen atoms in total. The van der Waals surface area contributed by atoms with E-state index in [2.05, 4.69) is 37.2 Å². The van der Waals surface area contributed by atoms with Gasteiger partial charge in [-0.25, -0.2) is 0 Å². The Bertz CT molecular complexity index is 579. The highest BCUT2D eigenvalue weighted by atomic mass is 32.1. The van der Waals surface area contributed by atoms with Gasteiger partial charge in [-0.2, -0.15) is 21.5 Å². The standard InChI is InChI=1S/C16H20N4OS/c21-16(15-1-5-18-19-10-15)17-9-13-2-6-20(7-3-13)11-14-4-8-22-12-14/h1,4-5,8,10,12-13H,2-3,6-7,9,11H2,(H,17,21). The second-order valence-corrected chi connectivity index (χ2v) is 6.47. The molecule has 6 heteroatoms. The lowest BCUT2D eigenvalue weighted by molar-refractivity contribution is 0.0934. The predicted molar refractivity (Wildman–Crippen MR) is 86.7 cm³/mol. The highest BCUT2D eigenvalue weighted by Gasteiger charge is 2.20. The molecule has 0 bridgehead atoms. The first-order valence-electron chi connectivity index (χ1n) is 7.59. The summed E-state index contributed by atoms with van der Waals surface area (Å²) in [6.07, 6.45) is 5.31. The van der Waals surface area contributed by atoms with Crippen molar-refractivity contribution < 1.29 is 4.79 Å². The molecule has 0 unspecified atom stereocenters. The van der Waals surface area contributed by atoms with Crippen LogP contribution in [0.25, 0.3) is 0 Å². The van der Waals surface area contributed by atoms with Crippen LogP contribution in [0.2, 0.25) is 0 Å². The maximum absolute atomic E-state index is 12.0. The molecule has 3 rings (SSSR count). The van der Waals surface area contributed by atoms with Gasteiger partial charge in [0, 0.05) is 13.1 Å². The van der Waals surface area contributed by atoms with E-state index in [1.165, 1.54) is 18.0 Å². The fraction of sp³-hybridized carbons (Fsp3) is 0.438. The van der Waals surface area contributed by atoms with Gasteiger partial charge in [0.25, 0.3) is 5.91 Å². The molecule has 0 radical (unpaired) electrons. The molecule has 22 heavy (non-hydrogen) atoms. The minimum absolute atomic E-state index is 0.0596. The Kier molecular flexibility index (Phi) is 5.13. The molecule has 1 saturated heterocycles. The molecule has 1 amide bonds. The quantitative estimate of drug-likeness (QED) is 0.918. The zero-order valence-electron chi connectivity index (χ0n) is 12.4. The van der Waals surface area contributed by atoms with Crippen LogP contribution in [0.3, 0.4) is 0 Å². The van der Waals surface area contributed by atoms with E-state index in [0.29, 0.717) is 11.5 Å². The first-order chi connectivity index (χ1) is 10.8. The molecule has 2 aromatic rings. The third-order valence-corrected chi connectivity index (χ3v) is 4.82. The number of amides is 1. The molecule has 1 aliphatic heterocycles. The zero-order chi connectivity index (χ0) is 15.2. The molecule has 0 atom stereocenters. The van der Waals surface area contributed by atoms with E-state index in [0.717, 1.165) is 39.0 Å². The van der Waals surface area contributed by atoms with Gasteiger partial charge < -0.3 is 5.32 Å². The predicted octanol–water partition coefficient (Wildman–Crippen LogP) is 2.18. The summed E-state index contributed by atoms with van der Waals surface area (Å²) in [7, 11) is 0. The molecule has 0 aromatic carbocycles. The van der Waals surface area contributed by atoms with E-state index in [-0.39, 0.29) is 5.91 Å². The summed E-state index contributed by atoms with van der Waals surface area (Å²) in [5, 5.41) is 14.8. The lowest BCUT2D eigenvalue weighted by atomic mass is 9.96. The van der Waals surface area contributed by atoms with Gasteiger partial charge >= 0.3 is 0 Å². The van der Waals surface area contributed by atoms with Crippen LogP contribution in [-0.2, 0) is 6.54 Å². The Labute approximate surface area is 134 Å². The first kappa shape index (κ1) is 15.1. The van der Waals surface area contributed by atoms with Crippen molar-refractivity contribution in [2.45, 2.75) is 19.4 Å². The summed E-state index contributed by atoms with van der Waals surface area (Å²) in [4.78, 5) is 14.5. The number of nitrogens with zero attached hydrogens (tertiary/aromatic N) is 3. The van der Waals surface area contributed by atoms with Crippen molar-refractivity contribution in [1.82, 2.24) is 20.4 Å². The fourth-order valence-electron chi connectivity index (χ4n) is 2.75. The fourth-order valence-corrected chi connectivity index (χ4v) is 3.41. The van der Waals surface area contributed by atoms with Gasteiger partial charge in [0.05, 0.1) is 18.0 Å². The summed E-state index contributed by atoms with van der Waals surface area (Å²) in [5.41, 5.74) is 1.98. The Hall–Kier alpha value is -1.79. The molecule has 1 aliphatic rings. The number of aromatic nitrogens is 2. The van der Waals surface area contributed by atoms with Gasteiger partial charge in [-0.1, -0.05) is 0 Å². The molecule has 0 spiro atoms. The lowest BCUT2D eigenvalue weighted by Gasteiger charge is -2.31. The van der Waals surface area contributed by atoms with Crippen molar-refractivity contribution >= 4 is 17.2 Å². The number of piperidine rings is 1. The summed E-state index contributed by atoms with van der Waals surface area (Å²) in [5.74, 6) is 0.507. The van der Waals surface area contributed by atoms with E-state index < -0.39 is 0 Å². The van der Waals surface area contributed by atoms with Crippen LogP contribution in [-0.4, -0.2) is 40.6 Å². The minimum Gasteiger partial charge on any atom is -0.352 e. The number of carbonyl (C=O) groups excluding carboxylic acids is 1. The smallest absolute Gasteiger partial charge is 0.252 e. The largest absolute Gasteiger partial charge is 0.352 e. The Morgan fingerprint density at radius 3 is 2.86 bits per heavy atom. The molecule has 2 aromatic heterocycles. The van der Waals surface area contributed by atoms with Gasteiger partial charge in [-0.3, -0.25) is 9.69 Å². The number of hydrogen-bond donors (Lipinski definition) is 1. The Balaban J connectivity index is 1.40. The van der Waals surface area contributed by atoms with E-state index in [1.54, 1.807) is 17.4 Å². The van der Waals surface area contributed by atoms with Crippen molar-refractivity contribution in [3.05, 3.63) is 46.4 Å². The zero-order valence-corrected chi connectivity index (χ0v) is 13.3. The summed E-state index contributed by atoms with van der Waals surface area (Å²) < 4.78 is 0. The number of rotatable bonds is 5. The topological polar surface area (TPSA) is 58.1 Å². The van der Waals surface area contributed by atoms with Crippen molar-refractivity contribution in [3.63, 3.8) is 0 Å². The number of nitrogens with one attached hydrogen (secondary N) is 1. The highest BCUT2D eigenvalue weighted by Crippen LogP contribution is 2.19. The average Bonchev–Trinajstić information content (AvgIpc) is 3.08. The van der Waals surface area contributed by atoms with Crippen LogP contribution >= 0.6 is 11.3 Å². The average molecular weight is 316 g/mol. The number of hydrogen-bond acceptors (Lipinski definition) is 5. The van der Waals surface area contributed by atoms with E-state index >= 15 is 0 Å². The molecular formula is C16H20N4OS. The van der Waals surface area contributed by atoms with Crippen molar-refractivity contribution in [1.29, 1.82) is 0 Å². The third kappa shape index (κ3) is 4.11. The van der Waals surface area contributed by atoms with Crippen LogP contribution in [0, 0.1) is 5.92 Å². The highest BCUT2D eigenvalue weighted by molar-refractivity contribution is 7.07. The second-order valence-electron chi connectivity index (χ2n) is 5.69. The van der Waals surface area contributed by atoms with E-state index in [1.807, 2.05) is 0 Å². The van der Waals surface area contributed by atoms with Crippen LogP contribution in [0.4, 0.5) is 0 Å². The van der Waals surface area contributed by atoms with Crippen LogP contribution < -0.4 is 5.32 Å². The van der Waals surface area contributed by atoms with E-state index in [9.17, 15) is 4.79 Å². The van der Waals surface area contributed by atoms with Crippen LogP contribution in [0.5, 0.6) is 0 Å². The summed E-state index contributed by atoms with van der Waals surface area (Å²) >= 11 is 1.75.